The Hall–Kier alpha value is -0.160. The highest BCUT2D eigenvalue weighted by Crippen LogP contribution is 2.06. The highest BCUT2D eigenvalue weighted by molar-refractivity contribution is 4.68. The van der Waals surface area contributed by atoms with Crippen molar-refractivity contribution in [1.29, 1.82) is 0 Å². The van der Waals surface area contributed by atoms with E-state index in [2.05, 4.69) is 0 Å². The summed E-state index contributed by atoms with van der Waals surface area (Å²) < 4.78 is 0. The lowest BCUT2D eigenvalue weighted by Gasteiger charge is -2.14. The number of nitrogens with two attached hydrogens (primary N) is 4. The highest BCUT2D eigenvalue weighted by atomic mass is 14.7. The summed E-state index contributed by atoms with van der Waals surface area (Å²) in [6.07, 6.45) is 6.07. The van der Waals surface area contributed by atoms with Crippen molar-refractivity contribution in [1.82, 2.24) is 0 Å². The summed E-state index contributed by atoms with van der Waals surface area (Å²) in [6.45, 7) is 1.46. The summed E-state index contributed by atoms with van der Waals surface area (Å²) in [5.41, 5.74) is 22.6. The topological polar surface area (TPSA) is 104 Å². The minimum Gasteiger partial charge on any atom is -0.330 e. The molecule has 86 valence electrons. The van der Waals surface area contributed by atoms with Crippen LogP contribution in [0.15, 0.2) is 0 Å². The molecular weight excluding hydrogens is 176 g/mol. The second-order valence-corrected chi connectivity index (χ2v) is 3.96. The number of rotatable bonds is 9. The molecule has 0 radical (unpaired) electrons. The van der Waals surface area contributed by atoms with E-state index in [1.165, 1.54) is 0 Å². The molecule has 2 atom stereocenters. The monoisotopic (exact) mass is 202 g/mol. The molecule has 0 bridgehead atoms. The van der Waals surface area contributed by atoms with Gasteiger partial charge in [0.25, 0.3) is 0 Å². The van der Waals surface area contributed by atoms with Gasteiger partial charge in [-0.25, -0.2) is 0 Å². The Balaban J connectivity index is 3.31. The van der Waals surface area contributed by atoms with E-state index >= 15 is 0 Å². The molecule has 0 fully saturated rings. The van der Waals surface area contributed by atoms with Crippen LogP contribution in [-0.2, 0) is 0 Å². The van der Waals surface area contributed by atoms with Crippen LogP contribution < -0.4 is 22.9 Å². The van der Waals surface area contributed by atoms with Gasteiger partial charge in [-0.3, -0.25) is 0 Å². The fourth-order valence-electron chi connectivity index (χ4n) is 1.48. The molecule has 0 aliphatic rings. The second-order valence-electron chi connectivity index (χ2n) is 3.96. The molecule has 0 heterocycles. The highest BCUT2D eigenvalue weighted by Gasteiger charge is 2.06. The van der Waals surface area contributed by atoms with Gasteiger partial charge < -0.3 is 22.9 Å². The van der Waals surface area contributed by atoms with Crippen molar-refractivity contribution in [3.63, 3.8) is 0 Å². The molecule has 0 aliphatic heterocycles. The number of hydrogen-bond donors (Lipinski definition) is 4. The van der Waals surface area contributed by atoms with Crippen LogP contribution in [0.4, 0.5) is 0 Å². The van der Waals surface area contributed by atoms with Crippen molar-refractivity contribution >= 4 is 0 Å². The predicted octanol–water partition coefficient (Wildman–Crippen LogP) is -0.101. The maximum Gasteiger partial charge on any atom is 0.00398 e. The van der Waals surface area contributed by atoms with E-state index < -0.39 is 0 Å². The van der Waals surface area contributed by atoms with Crippen LogP contribution >= 0.6 is 0 Å². The molecule has 0 amide bonds. The molecule has 0 rings (SSSR count). The van der Waals surface area contributed by atoms with Gasteiger partial charge in [-0.1, -0.05) is 0 Å². The molecule has 0 saturated heterocycles. The van der Waals surface area contributed by atoms with E-state index in [1.807, 2.05) is 0 Å². The Labute approximate surface area is 87.4 Å². The average Bonchev–Trinajstić information content (AvgIpc) is 2.20. The van der Waals surface area contributed by atoms with Crippen molar-refractivity contribution in [3.8, 4) is 0 Å². The second kappa shape index (κ2) is 9.40. The third kappa shape index (κ3) is 8.44. The van der Waals surface area contributed by atoms with E-state index in [4.69, 9.17) is 22.9 Å². The lowest BCUT2D eigenvalue weighted by molar-refractivity contribution is 0.468. The van der Waals surface area contributed by atoms with Gasteiger partial charge >= 0.3 is 0 Å². The maximum atomic E-state index is 5.90. The first-order chi connectivity index (χ1) is 6.70. The van der Waals surface area contributed by atoms with Crippen molar-refractivity contribution in [2.45, 2.75) is 50.6 Å². The van der Waals surface area contributed by atoms with Gasteiger partial charge in [-0.05, 0) is 51.6 Å². The molecule has 8 N–H and O–H groups in total. The van der Waals surface area contributed by atoms with Crippen molar-refractivity contribution in [3.05, 3.63) is 0 Å². The Morgan fingerprint density at radius 1 is 0.643 bits per heavy atom. The zero-order valence-electron chi connectivity index (χ0n) is 9.12. The van der Waals surface area contributed by atoms with Crippen molar-refractivity contribution in [2.24, 2.45) is 22.9 Å². The molecule has 0 aromatic carbocycles. The Kier molecular flexibility index (Phi) is 9.29. The fourth-order valence-corrected chi connectivity index (χ4v) is 1.48. The lowest BCUT2D eigenvalue weighted by atomic mass is 10.0. The van der Waals surface area contributed by atoms with E-state index in [0.29, 0.717) is 0 Å². The molecule has 4 nitrogen and oxygen atoms in total. The standard InChI is InChI=1S/C10H26N4/c11-7-1-3-9(13)5-6-10(14)4-2-8-12/h9-10H,1-8,11-14H2. The Bertz CT molecular complexity index is 105. The van der Waals surface area contributed by atoms with Crippen LogP contribution in [0, 0.1) is 0 Å². The molecule has 0 aromatic heterocycles. The van der Waals surface area contributed by atoms with Crippen LogP contribution in [0.3, 0.4) is 0 Å². The van der Waals surface area contributed by atoms with Gasteiger partial charge in [0.05, 0.1) is 0 Å². The maximum absolute atomic E-state index is 5.90. The average molecular weight is 202 g/mol. The molecule has 0 aromatic rings. The summed E-state index contributed by atoms with van der Waals surface area (Å²) >= 11 is 0. The molecular formula is C10H26N4. The third-order valence-electron chi connectivity index (χ3n) is 2.47. The Morgan fingerprint density at radius 2 is 1.00 bits per heavy atom. The van der Waals surface area contributed by atoms with Gasteiger partial charge in [0.15, 0.2) is 0 Å². The van der Waals surface area contributed by atoms with Crippen LogP contribution in [0.5, 0.6) is 0 Å². The lowest BCUT2D eigenvalue weighted by Crippen LogP contribution is -2.27. The molecule has 14 heavy (non-hydrogen) atoms. The molecule has 2 unspecified atom stereocenters. The van der Waals surface area contributed by atoms with E-state index in [-0.39, 0.29) is 12.1 Å². The van der Waals surface area contributed by atoms with Crippen molar-refractivity contribution < 1.29 is 0 Å². The quantitative estimate of drug-likeness (QED) is 0.419. The molecule has 0 aliphatic carbocycles. The van der Waals surface area contributed by atoms with Gasteiger partial charge in [0.2, 0.25) is 0 Å². The van der Waals surface area contributed by atoms with Gasteiger partial charge in [-0.2, -0.15) is 0 Å². The van der Waals surface area contributed by atoms with E-state index in [9.17, 15) is 0 Å². The summed E-state index contributed by atoms with van der Waals surface area (Å²) in [4.78, 5) is 0. The van der Waals surface area contributed by atoms with Crippen LogP contribution in [0.1, 0.15) is 38.5 Å². The summed E-state index contributed by atoms with van der Waals surface area (Å²) in [7, 11) is 0. The van der Waals surface area contributed by atoms with Gasteiger partial charge in [-0.15, -0.1) is 0 Å². The summed E-state index contributed by atoms with van der Waals surface area (Å²) in [5.74, 6) is 0. The van der Waals surface area contributed by atoms with Crippen LogP contribution in [0.25, 0.3) is 0 Å². The largest absolute Gasteiger partial charge is 0.330 e. The first-order valence-electron chi connectivity index (χ1n) is 5.62. The summed E-state index contributed by atoms with van der Waals surface area (Å²) in [5, 5.41) is 0. The fraction of sp³-hybridized carbons (Fsp3) is 1.00. The van der Waals surface area contributed by atoms with Gasteiger partial charge in [0, 0.05) is 12.1 Å². The SMILES string of the molecule is NCCCC(N)CCC(N)CCCN. The zero-order chi connectivity index (χ0) is 10.8. The minimum atomic E-state index is 0.266. The minimum absolute atomic E-state index is 0.266. The third-order valence-corrected chi connectivity index (χ3v) is 2.47. The number of hydrogen-bond acceptors (Lipinski definition) is 4. The zero-order valence-corrected chi connectivity index (χ0v) is 9.12. The molecule has 0 saturated carbocycles. The normalized spacial score (nSPS) is 15.4. The first-order valence-corrected chi connectivity index (χ1v) is 5.62. The van der Waals surface area contributed by atoms with Crippen LogP contribution in [0.2, 0.25) is 0 Å². The first kappa shape index (κ1) is 13.8. The predicted molar refractivity (Wildman–Crippen MR) is 61.8 cm³/mol. The van der Waals surface area contributed by atoms with Crippen molar-refractivity contribution in [2.75, 3.05) is 13.1 Å². The van der Waals surface area contributed by atoms with Crippen LogP contribution in [-0.4, -0.2) is 25.2 Å². The smallest absolute Gasteiger partial charge is 0.00398 e. The van der Waals surface area contributed by atoms with Gasteiger partial charge in [0.1, 0.15) is 0 Å². The molecule has 0 spiro atoms. The Morgan fingerprint density at radius 3 is 1.29 bits per heavy atom. The summed E-state index contributed by atoms with van der Waals surface area (Å²) in [6, 6.07) is 0.532. The van der Waals surface area contributed by atoms with E-state index in [1.54, 1.807) is 0 Å². The molecule has 4 heteroatoms. The van der Waals surface area contributed by atoms with E-state index in [0.717, 1.165) is 51.6 Å².